The van der Waals surface area contributed by atoms with Gasteiger partial charge in [-0.05, 0) is 84.6 Å². The fourth-order valence-electron chi connectivity index (χ4n) is 7.81. The van der Waals surface area contributed by atoms with Crippen LogP contribution in [0.4, 0.5) is 11.9 Å². The van der Waals surface area contributed by atoms with Crippen LogP contribution in [0, 0.1) is 13.8 Å². The quantitative estimate of drug-likeness (QED) is 0.0715. The number of amides is 5. The Hall–Kier alpha value is -7.55. The average Bonchev–Trinajstić information content (AvgIpc) is 4.00. The number of hydrogen-bond acceptors (Lipinski definition) is 12. The largest absolute Gasteiger partial charge is 0.491 e. The van der Waals surface area contributed by atoms with E-state index in [-0.39, 0.29) is 55.2 Å². The van der Waals surface area contributed by atoms with Crippen molar-refractivity contribution >= 4 is 63.5 Å². The van der Waals surface area contributed by atoms with E-state index < -0.39 is 29.7 Å². The summed E-state index contributed by atoms with van der Waals surface area (Å²) in [6.07, 6.45) is 4.72. The molecule has 0 saturated carbocycles. The third kappa shape index (κ3) is 9.69. The van der Waals surface area contributed by atoms with E-state index >= 15 is 0 Å². The normalized spacial score (nSPS) is 13.6. The maximum atomic E-state index is 13.9. The van der Waals surface area contributed by atoms with Crippen LogP contribution in [0.25, 0.3) is 22.1 Å². The molecule has 65 heavy (non-hydrogen) atoms. The zero-order chi connectivity index (χ0) is 46.7. The number of allylic oxidation sites excluding steroid dienone is 2. The van der Waals surface area contributed by atoms with Crippen LogP contribution in [0.1, 0.15) is 85.8 Å². The Kier molecular flexibility index (Phi) is 13.3. The number of nitrogens with two attached hydrogens (primary N) is 2. The van der Waals surface area contributed by atoms with Crippen LogP contribution in [0.15, 0.2) is 48.6 Å². The molecular formula is C44H54N14O7. The zero-order valence-corrected chi connectivity index (χ0v) is 37.5. The van der Waals surface area contributed by atoms with Gasteiger partial charge in [-0.1, -0.05) is 12.2 Å². The molecule has 21 nitrogen and oxygen atoms in total. The summed E-state index contributed by atoms with van der Waals surface area (Å²) >= 11 is 0. The van der Waals surface area contributed by atoms with Gasteiger partial charge in [0.05, 0.1) is 48.2 Å². The lowest BCUT2D eigenvalue weighted by molar-refractivity contribution is -0.130. The Morgan fingerprint density at radius 2 is 1.42 bits per heavy atom. The molecule has 5 heterocycles. The Morgan fingerprint density at radius 3 is 2.02 bits per heavy atom. The molecule has 5 amide bonds. The summed E-state index contributed by atoms with van der Waals surface area (Å²) in [5.74, 6) is -1.24. The number of nitrogens with zero attached hydrogens (tertiary/aromatic N) is 10. The summed E-state index contributed by atoms with van der Waals surface area (Å²) in [7, 11) is 5.38. The number of ether oxygens (including phenoxy) is 2. The molecule has 1 aliphatic heterocycles. The van der Waals surface area contributed by atoms with Crippen molar-refractivity contribution in [3.8, 4) is 11.5 Å². The molecule has 4 aromatic heterocycles. The first-order valence-electron chi connectivity index (χ1n) is 21.3. The smallest absolute Gasteiger partial charge is 0.276 e. The number of hydrogen-bond donors (Lipinski definition) is 4. The second kappa shape index (κ2) is 19.1. The molecule has 0 saturated heterocycles. The van der Waals surface area contributed by atoms with E-state index in [1.807, 2.05) is 44.7 Å². The molecule has 342 valence electrons. The van der Waals surface area contributed by atoms with Gasteiger partial charge in [-0.2, -0.15) is 10.2 Å². The molecule has 0 fully saturated rings. The lowest BCUT2D eigenvalue weighted by Gasteiger charge is -2.19. The number of carbonyl (C=O) groups excluding carboxylic acids is 5. The van der Waals surface area contributed by atoms with Crippen molar-refractivity contribution in [3.63, 3.8) is 0 Å². The van der Waals surface area contributed by atoms with E-state index in [1.165, 1.54) is 12.1 Å². The van der Waals surface area contributed by atoms with E-state index in [2.05, 4.69) is 20.8 Å². The van der Waals surface area contributed by atoms with E-state index in [0.29, 0.717) is 88.8 Å². The fraction of sp³-hybridized carbons (Fsp3) is 0.386. The topological polar surface area (TPSA) is 258 Å². The van der Waals surface area contributed by atoms with Gasteiger partial charge >= 0.3 is 0 Å². The number of likely N-dealkylation sites (N-methyl/N-ethyl adjacent to an activating group) is 2. The monoisotopic (exact) mass is 890 g/mol. The number of anilines is 2. The fourth-order valence-corrected chi connectivity index (χ4v) is 7.81. The highest BCUT2D eigenvalue weighted by molar-refractivity contribution is 6.05. The maximum Gasteiger partial charge on any atom is 0.276 e. The Morgan fingerprint density at radius 1 is 0.831 bits per heavy atom. The Labute approximate surface area is 374 Å². The lowest BCUT2D eigenvalue weighted by Crippen LogP contribution is -2.36. The Balaban J connectivity index is 1.28. The molecule has 6 aromatic rings. The molecule has 0 aliphatic carbocycles. The standard InChI is InChI=1S/C44H54N14O7/c1-8-56-32(18-25(3)51-56)41(62)49-43-47-30-20-27(39(45)60)22-34(64-16-11-14-54(7)36(59)24-53(5)6)37(30)55(43)15-10-12-29-13-17-65-35-23-28(40(46)61)21-31-38(35)58(29)44(48-31)50-42(63)33-19-26(4)52-57(33)9-2/h10,12,18-23,29H,8-9,11,13-17,24H2,1-7H3,(H2,45,60)(H2,46,61)(H,47,49,62)(H,48,50,63)/b12-10+/t29-/m0/s1. The van der Waals surface area contributed by atoms with Gasteiger partial charge in [0.25, 0.3) is 11.8 Å². The van der Waals surface area contributed by atoms with E-state index in [1.54, 1.807) is 68.9 Å². The van der Waals surface area contributed by atoms with Crippen LogP contribution >= 0.6 is 0 Å². The van der Waals surface area contributed by atoms with Crippen LogP contribution in [0.2, 0.25) is 0 Å². The molecule has 0 radical (unpaired) electrons. The number of carbonyl (C=O) groups is 5. The zero-order valence-electron chi connectivity index (χ0n) is 37.5. The summed E-state index contributed by atoms with van der Waals surface area (Å²) in [5.41, 5.74) is 15.6. The number of benzene rings is 2. The van der Waals surface area contributed by atoms with Gasteiger partial charge in [0.2, 0.25) is 29.6 Å². The predicted octanol–water partition coefficient (Wildman–Crippen LogP) is 3.51. The van der Waals surface area contributed by atoms with E-state index in [0.717, 1.165) is 0 Å². The van der Waals surface area contributed by atoms with Crippen molar-refractivity contribution in [2.45, 2.75) is 66.2 Å². The third-order valence-corrected chi connectivity index (χ3v) is 10.9. The average molecular weight is 891 g/mol. The number of nitrogens with one attached hydrogen (secondary N) is 2. The molecule has 6 N–H and O–H groups in total. The first-order chi connectivity index (χ1) is 31.1. The van der Waals surface area contributed by atoms with Crippen molar-refractivity contribution in [2.24, 2.45) is 11.5 Å². The third-order valence-electron chi connectivity index (χ3n) is 10.9. The van der Waals surface area contributed by atoms with Crippen molar-refractivity contribution in [3.05, 3.63) is 82.5 Å². The lowest BCUT2D eigenvalue weighted by atomic mass is 10.1. The summed E-state index contributed by atoms with van der Waals surface area (Å²) in [5, 5.41) is 14.8. The minimum absolute atomic E-state index is 0.0398. The van der Waals surface area contributed by atoms with Crippen molar-refractivity contribution < 1.29 is 33.4 Å². The summed E-state index contributed by atoms with van der Waals surface area (Å²) in [4.78, 5) is 78.3. The van der Waals surface area contributed by atoms with E-state index in [4.69, 9.17) is 30.9 Å². The molecule has 0 spiro atoms. The molecule has 2 aromatic carbocycles. The molecule has 1 aliphatic rings. The van der Waals surface area contributed by atoms with Gasteiger partial charge in [0.1, 0.15) is 33.9 Å². The van der Waals surface area contributed by atoms with Gasteiger partial charge < -0.3 is 35.3 Å². The minimum atomic E-state index is -0.698. The predicted molar refractivity (Wildman–Crippen MR) is 242 cm³/mol. The number of primary amides is 2. The van der Waals surface area contributed by atoms with Crippen molar-refractivity contribution in [1.82, 2.24) is 48.5 Å². The SMILES string of the molecule is CCn1nc(C)cc1C(=O)Nc1nc2cc(C(N)=O)cc(OCCCN(C)C(=O)CN(C)C)c2n1C/C=C/[C@H]1CCOc2cc(C(N)=O)cc3nc(NC(=O)c4cc(C)nn4CC)n1c23. The van der Waals surface area contributed by atoms with E-state index in [9.17, 15) is 24.0 Å². The summed E-state index contributed by atoms with van der Waals surface area (Å²) in [6, 6.07) is 9.13. The number of rotatable bonds is 18. The minimum Gasteiger partial charge on any atom is -0.491 e. The number of aryl methyl sites for hydroxylation is 4. The van der Waals surface area contributed by atoms with Crippen molar-refractivity contribution in [2.75, 3.05) is 58.1 Å². The van der Waals surface area contributed by atoms with Crippen LogP contribution in [-0.4, -0.2) is 125 Å². The summed E-state index contributed by atoms with van der Waals surface area (Å²) < 4.78 is 19.3. The second-order valence-corrected chi connectivity index (χ2v) is 16.0. The summed E-state index contributed by atoms with van der Waals surface area (Å²) in [6.45, 7) is 9.54. The highest BCUT2D eigenvalue weighted by Crippen LogP contribution is 2.38. The Bertz CT molecular complexity index is 2850. The highest BCUT2D eigenvalue weighted by atomic mass is 16.5. The van der Waals surface area contributed by atoms with Crippen LogP contribution in [0.3, 0.4) is 0 Å². The van der Waals surface area contributed by atoms with Crippen molar-refractivity contribution in [1.29, 1.82) is 0 Å². The first kappa shape index (κ1) is 45.5. The van der Waals surface area contributed by atoms with Gasteiger partial charge in [0, 0.05) is 50.8 Å². The van der Waals surface area contributed by atoms with Gasteiger partial charge in [0.15, 0.2) is 0 Å². The highest BCUT2D eigenvalue weighted by Gasteiger charge is 2.28. The van der Waals surface area contributed by atoms with Gasteiger partial charge in [-0.25, -0.2) is 9.97 Å². The van der Waals surface area contributed by atoms with Gasteiger partial charge in [-0.15, -0.1) is 0 Å². The molecule has 7 rings (SSSR count). The molecule has 21 heteroatoms. The van der Waals surface area contributed by atoms with Crippen LogP contribution in [-0.2, 0) is 24.4 Å². The van der Waals surface area contributed by atoms with Crippen LogP contribution in [0.5, 0.6) is 11.5 Å². The molecular weight excluding hydrogens is 837 g/mol. The second-order valence-electron chi connectivity index (χ2n) is 16.0. The van der Waals surface area contributed by atoms with Crippen LogP contribution < -0.4 is 31.6 Å². The molecule has 0 bridgehead atoms. The number of fused-ring (bicyclic) bond motifs is 1. The number of aromatic nitrogens is 8. The first-order valence-corrected chi connectivity index (χ1v) is 21.3. The number of imidazole rings is 2. The molecule has 0 unspecified atom stereocenters. The molecule has 1 atom stereocenters. The maximum absolute atomic E-state index is 13.9. The van der Waals surface area contributed by atoms with Gasteiger partial charge in [-0.3, -0.25) is 48.5 Å².